The zero-order valence-electron chi connectivity index (χ0n) is 22.9. The lowest BCUT2D eigenvalue weighted by Crippen LogP contribution is -2.27. The minimum Gasteiger partial charge on any atom is -0.494 e. The lowest BCUT2D eigenvalue weighted by atomic mass is 10.1. The van der Waals surface area contributed by atoms with E-state index < -0.39 is 17.6 Å². The fourth-order valence-corrected chi connectivity index (χ4v) is 3.86. The molecule has 0 aliphatic rings. The highest BCUT2D eigenvalue weighted by Crippen LogP contribution is 2.38. The number of hydrogen-bond acceptors (Lipinski definition) is 8. The van der Waals surface area contributed by atoms with Gasteiger partial charge < -0.3 is 34.9 Å². The molecule has 11 heteroatoms. The summed E-state index contributed by atoms with van der Waals surface area (Å²) in [4.78, 5) is 30.4. The maximum absolute atomic E-state index is 13.2. The maximum atomic E-state index is 13.2. The first-order valence-corrected chi connectivity index (χ1v) is 12.5. The summed E-state index contributed by atoms with van der Waals surface area (Å²) in [5.41, 5.74) is 1.11. The van der Waals surface area contributed by atoms with Crippen LogP contribution in [-0.4, -0.2) is 44.7 Å². The molecule has 0 radical (unpaired) electrons. The van der Waals surface area contributed by atoms with Crippen LogP contribution in [-0.2, 0) is 9.59 Å². The minimum atomic E-state index is -0.682. The predicted octanol–water partition coefficient (Wildman–Crippen LogP) is 5.26. The minimum absolute atomic E-state index is 0.189. The number of carbonyl (C=O) groups excluding carboxylic acids is 2. The van der Waals surface area contributed by atoms with Crippen molar-refractivity contribution >= 4 is 34.1 Å². The van der Waals surface area contributed by atoms with E-state index in [4.69, 9.17) is 18.9 Å². The van der Waals surface area contributed by atoms with Crippen LogP contribution in [0.3, 0.4) is 0 Å². The standard InChI is InChI=1S/C30H29FN4O6/c1-5-32-17-22(29(36)34-19-8-6-18(31)7-9-19)30(37)35-23-11-10-20(14-26(23)38-2)41-25-12-13-33-24-16-28(40-4)27(39-3)15-21(24)25/h6-17,32H,5H2,1-4H3,(H,34,36)(H,35,37)/b22-17+. The molecule has 1 heterocycles. The summed E-state index contributed by atoms with van der Waals surface area (Å²) >= 11 is 0. The molecule has 0 aliphatic heterocycles. The van der Waals surface area contributed by atoms with Gasteiger partial charge in [-0.3, -0.25) is 14.6 Å². The molecular formula is C30H29FN4O6. The quantitative estimate of drug-likeness (QED) is 0.129. The monoisotopic (exact) mass is 560 g/mol. The van der Waals surface area contributed by atoms with Gasteiger partial charge in [-0.1, -0.05) is 0 Å². The molecule has 4 aromatic rings. The molecule has 0 spiro atoms. The first-order chi connectivity index (χ1) is 19.9. The number of anilines is 2. The molecule has 1 aromatic heterocycles. The molecule has 0 saturated carbocycles. The highest BCUT2D eigenvalue weighted by atomic mass is 19.1. The van der Waals surface area contributed by atoms with Crippen molar-refractivity contribution in [1.82, 2.24) is 10.3 Å². The van der Waals surface area contributed by atoms with Crippen molar-refractivity contribution in [2.45, 2.75) is 6.92 Å². The van der Waals surface area contributed by atoms with Gasteiger partial charge in [-0.25, -0.2) is 4.39 Å². The highest BCUT2D eigenvalue weighted by molar-refractivity contribution is 6.26. The van der Waals surface area contributed by atoms with E-state index in [1.165, 1.54) is 37.6 Å². The summed E-state index contributed by atoms with van der Waals surface area (Å²) < 4.78 is 35.6. The van der Waals surface area contributed by atoms with Crippen LogP contribution in [0.25, 0.3) is 10.9 Å². The van der Waals surface area contributed by atoms with Crippen molar-refractivity contribution in [3.05, 3.63) is 84.5 Å². The van der Waals surface area contributed by atoms with E-state index in [9.17, 15) is 14.0 Å². The summed E-state index contributed by atoms with van der Waals surface area (Å²) in [6.07, 6.45) is 2.93. The number of aromatic nitrogens is 1. The average Bonchev–Trinajstić information content (AvgIpc) is 2.98. The zero-order chi connectivity index (χ0) is 29.4. The van der Waals surface area contributed by atoms with Gasteiger partial charge in [-0.15, -0.1) is 0 Å². The van der Waals surface area contributed by atoms with E-state index in [1.807, 2.05) is 6.92 Å². The van der Waals surface area contributed by atoms with Crippen LogP contribution in [0.15, 0.2) is 78.6 Å². The number of pyridine rings is 1. The molecule has 2 amide bonds. The van der Waals surface area contributed by atoms with Gasteiger partial charge in [-0.2, -0.15) is 0 Å². The molecule has 0 unspecified atom stereocenters. The number of rotatable bonds is 11. The molecule has 212 valence electrons. The maximum Gasteiger partial charge on any atom is 0.262 e. The van der Waals surface area contributed by atoms with Gasteiger partial charge in [-0.05, 0) is 55.5 Å². The number of halogens is 1. The lowest BCUT2D eigenvalue weighted by molar-refractivity contribution is -0.118. The Morgan fingerprint density at radius 2 is 1.51 bits per heavy atom. The number of nitrogens with one attached hydrogen (secondary N) is 3. The molecule has 3 N–H and O–H groups in total. The van der Waals surface area contributed by atoms with Crippen molar-refractivity contribution in [3.8, 4) is 28.7 Å². The van der Waals surface area contributed by atoms with Gasteiger partial charge in [0.1, 0.15) is 28.6 Å². The fraction of sp³-hybridized carbons (Fsp3) is 0.167. The van der Waals surface area contributed by atoms with Crippen molar-refractivity contribution in [2.75, 3.05) is 38.5 Å². The second-order valence-corrected chi connectivity index (χ2v) is 8.53. The van der Waals surface area contributed by atoms with Gasteiger partial charge in [0.2, 0.25) is 0 Å². The van der Waals surface area contributed by atoms with Crippen LogP contribution in [0.1, 0.15) is 6.92 Å². The summed E-state index contributed by atoms with van der Waals surface area (Å²) in [6, 6.07) is 15.3. The molecule has 41 heavy (non-hydrogen) atoms. The third-order valence-electron chi connectivity index (χ3n) is 5.90. The Bertz CT molecular complexity index is 1590. The first kappa shape index (κ1) is 28.7. The molecule has 4 rings (SSSR count). The summed E-state index contributed by atoms with van der Waals surface area (Å²) in [7, 11) is 4.54. The Morgan fingerprint density at radius 3 is 2.20 bits per heavy atom. The Hall–Kier alpha value is -5.32. The first-order valence-electron chi connectivity index (χ1n) is 12.5. The number of hydrogen-bond donors (Lipinski definition) is 3. The number of amides is 2. The molecular weight excluding hydrogens is 531 g/mol. The number of ether oxygens (including phenoxy) is 4. The van der Waals surface area contributed by atoms with Crippen molar-refractivity contribution in [2.24, 2.45) is 0 Å². The van der Waals surface area contributed by atoms with Crippen LogP contribution >= 0.6 is 0 Å². The topological polar surface area (TPSA) is 120 Å². The lowest BCUT2D eigenvalue weighted by Gasteiger charge is -2.15. The average molecular weight is 561 g/mol. The molecule has 0 atom stereocenters. The second kappa shape index (κ2) is 13.2. The van der Waals surface area contributed by atoms with Crippen molar-refractivity contribution in [1.29, 1.82) is 0 Å². The van der Waals surface area contributed by atoms with Gasteiger partial charge in [0, 0.05) is 42.1 Å². The molecule has 0 bridgehead atoms. The molecule has 10 nitrogen and oxygen atoms in total. The molecule has 0 fully saturated rings. The Morgan fingerprint density at radius 1 is 0.829 bits per heavy atom. The van der Waals surface area contributed by atoms with E-state index in [0.717, 1.165) is 0 Å². The predicted molar refractivity (Wildman–Crippen MR) is 153 cm³/mol. The third kappa shape index (κ3) is 6.82. The number of benzene rings is 3. The van der Waals surface area contributed by atoms with Gasteiger partial charge >= 0.3 is 0 Å². The van der Waals surface area contributed by atoms with Crippen molar-refractivity contribution in [3.63, 3.8) is 0 Å². The van der Waals surface area contributed by atoms with Gasteiger partial charge in [0.05, 0.1) is 32.5 Å². The van der Waals surface area contributed by atoms with Crippen LogP contribution in [0.5, 0.6) is 28.7 Å². The summed E-state index contributed by atoms with van der Waals surface area (Å²) in [5.74, 6) is 0.515. The van der Waals surface area contributed by atoms with Crippen LogP contribution < -0.4 is 34.9 Å². The number of methoxy groups -OCH3 is 3. The van der Waals surface area contributed by atoms with E-state index in [-0.39, 0.29) is 5.57 Å². The third-order valence-corrected chi connectivity index (χ3v) is 5.90. The largest absolute Gasteiger partial charge is 0.494 e. The van der Waals surface area contributed by atoms with Gasteiger partial charge in [0.25, 0.3) is 11.8 Å². The van der Waals surface area contributed by atoms with E-state index in [1.54, 1.807) is 56.8 Å². The van der Waals surface area contributed by atoms with Crippen LogP contribution in [0, 0.1) is 5.82 Å². The number of nitrogens with zero attached hydrogens (tertiary/aromatic N) is 1. The van der Waals surface area contributed by atoms with E-state index in [0.29, 0.717) is 57.6 Å². The number of carbonyl (C=O) groups is 2. The highest BCUT2D eigenvalue weighted by Gasteiger charge is 2.21. The molecule has 0 saturated heterocycles. The zero-order valence-corrected chi connectivity index (χ0v) is 22.9. The summed E-state index contributed by atoms with van der Waals surface area (Å²) in [5, 5.41) is 8.87. The summed E-state index contributed by atoms with van der Waals surface area (Å²) in [6.45, 7) is 2.31. The Labute approximate surface area is 236 Å². The Balaban J connectivity index is 1.56. The molecule has 3 aromatic carbocycles. The number of fused-ring (bicyclic) bond motifs is 1. The smallest absolute Gasteiger partial charge is 0.262 e. The van der Waals surface area contributed by atoms with E-state index in [2.05, 4.69) is 20.9 Å². The second-order valence-electron chi connectivity index (χ2n) is 8.53. The Kier molecular flexibility index (Phi) is 9.20. The fourth-order valence-electron chi connectivity index (χ4n) is 3.86. The van der Waals surface area contributed by atoms with Crippen LogP contribution in [0.4, 0.5) is 15.8 Å². The SMILES string of the molecule is CCN/C=C(\C(=O)Nc1ccc(F)cc1)C(=O)Nc1ccc(Oc2ccnc3cc(OC)c(OC)cc23)cc1OC. The van der Waals surface area contributed by atoms with Crippen molar-refractivity contribution < 1.29 is 32.9 Å². The normalized spacial score (nSPS) is 11.0. The van der Waals surface area contributed by atoms with E-state index >= 15 is 0 Å². The molecule has 0 aliphatic carbocycles. The van der Waals surface area contributed by atoms with Crippen LogP contribution in [0.2, 0.25) is 0 Å². The van der Waals surface area contributed by atoms with Gasteiger partial charge in [0.15, 0.2) is 11.5 Å².